The highest BCUT2D eigenvalue weighted by Gasteiger charge is 2.05. The van der Waals surface area contributed by atoms with Crippen molar-refractivity contribution in [2.24, 2.45) is 10.3 Å². The fraction of sp³-hybridized carbons (Fsp3) is 0.600. The number of hydrogen-bond acceptors (Lipinski definition) is 5. The van der Waals surface area contributed by atoms with E-state index in [2.05, 4.69) is 20.2 Å². The van der Waals surface area contributed by atoms with Crippen molar-refractivity contribution in [3.8, 4) is 0 Å². The first-order valence-electron chi connectivity index (χ1n) is 5.37. The van der Waals surface area contributed by atoms with Gasteiger partial charge in [0.15, 0.2) is 0 Å². The predicted octanol–water partition coefficient (Wildman–Crippen LogP) is 1.27. The van der Waals surface area contributed by atoms with Crippen molar-refractivity contribution >= 4 is 11.7 Å². The lowest BCUT2D eigenvalue weighted by Gasteiger charge is -2.06. The van der Waals surface area contributed by atoms with Gasteiger partial charge < -0.3 is 4.74 Å². The number of carbonyl (C=O) groups is 1. The van der Waals surface area contributed by atoms with Gasteiger partial charge in [-0.15, -0.1) is 0 Å². The van der Waals surface area contributed by atoms with Crippen LogP contribution in [0.1, 0.15) is 13.3 Å². The summed E-state index contributed by atoms with van der Waals surface area (Å²) < 4.78 is 6.23. The van der Waals surface area contributed by atoms with Crippen LogP contribution in [0.5, 0.6) is 0 Å². The Morgan fingerprint density at radius 3 is 3.06 bits per heavy atom. The van der Waals surface area contributed by atoms with Crippen LogP contribution in [0, 0.1) is 0 Å². The highest BCUT2D eigenvalue weighted by atomic mass is 16.5. The summed E-state index contributed by atoms with van der Waals surface area (Å²) in [7, 11) is 3.16. The molecule has 0 bridgehead atoms. The molecular formula is C10H17N5O2. The molecule has 0 saturated carbocycles. The van der Waals surface area contributed by atoms with Crippen LogP contribution in [0.25, 0.3) is 0 Å². The van der Waals surface area contributed by atoms with Crippen LogP contribution in [-0.2, 0) is 16.1 Å². The van der Waals surface area contributed by atoms with Crippen molar-refractivity contribution in [1.29, 1.82) is 0 Å². The number of anilines is 1. The van der Waals surface area contributed by atoms with Crippen molar-refractivity contribution < 1.29 is 9.53 Å². The summed E-state index contributed by atoms with van der Waals surface area (Å²) in [4.78, 5) is 11.0. The quantitative estimate of drug-likeness (QED) is 0.426. The molecule has 0 aliphatic rings. The normalized spacial score (nSPS) is 10.8. The van der Waals surface area contributed by atoms with Crippen molar-refractivity contribution in [2.45, 2.75) is 19.9 Å². The molecule has 1 aromatic heterocycles. The van der Waals surface area contributed by atoms with Gasteiger partial charge in [0.25, 0.3) is 0 Å². The summed E-state index contributed by atoms with van der Waals surface area (Å²) >= 11 is 0. The Morgan fingerprint density at radius 2 is 2.41 bits per heavy atom. The molecular weight excluding hydrogens is 222 g/mol. The topological polar surface area (TPSA) is 72.1 Å². The van der Waals surface area contributed by atoms with E-state index < -0.39 is 0 Å². The largest absolute Gasteiger partial charge is 0.469 e. The SMILES string of the molecule is CCN=NN(C)c1cnn(CCC(=O)OC)c1. The summed E-state index contributed by atoms with van der Waals surface area (Å²) in [6.07, 6.45) is 3.78. The Hall–Kier alpha value is -1.92. The zero-order valence-electron chi connectivity index (χ0n) is 10.3. The molecule has 0 spiro atoms. The first-order chi connectivity index (χ1) is 8.17. The minimum atomic E-state index is -0.249. The number of aromatic nitrogens is 2. The van der Waals surface area contributed by atoms with Crippen LogP contribution in [0.3, 0.4) is 0 Å². The van der Waals surface area contributed by atoms with E-state index in [1.165, 1.54) is 7.11 Å². The first kappa shape index (κ1) is 13.1. The molecule has 0 fully saturated rings. The summed E-state index contributed by atoms with van der Waals surface area (Å²) in [6, 6.07) is 0. The average Bonchev–Trinajstić information content (AvgIpc) is 2.81. The molecule has 0 unspecified atom stereocenters. The smallest absolute Gasteiger partial charge is 0.307 e. The van der Waals surface area contributed by atoms with Crippen molar-refractivity contribution in [3.05, 3.63) is 12.4 Å². The molecule has 7 heteroatoms. The maximum atomic E-state index is 11.0. The second-order valence-corrected chi connectivity index (χ2v) is 3.36. The molecule has 1 heterocycles. The third kappa shape index (κ3) is 4.21. The molecule has 0 aromatic carbocycles. The summed E-state index contributed by atoms with van der Waals surface area (Å²) in [6.45, 7) is 3.05. The Morgan fingerprint density at radius 1 is 1.65 bits per heavy atom. The highest BCUT2D eigenvalue weighted by molar-refractivity contribution is 5.68. The third-order valence-corrected chi connectivity index (χ3v) is 2.10. The molecule has 1 aromatic rings. The number of methoxy groups -OCH3 is 1. The van der Waals surface area contributed by atoms with Gasteiger partial charge in [-0.25, -0.2) is 5.01 Å². The Labute approximate surface area is 100 Å². The standard InChI is InChI=1S/C10H17N5O2/c1-4-11-13-14(2)9-7-12-15(8-9)6-5-10(16)17-3/h7-8H,4-6H2,1-3H3. The maximum Gasteiger partial charge on any atom is 0.307 e. The number of aryl methyl sites for hydroxylation is 1. The molecule has 0 radical (unpaired) electrons. The molecule has 0 aliphatic heterocycles. The molecule has 0 aliphatic carbocycles. The van der Waals surface area contributed by atoms with Crippen LogP contribution in [-0.4, -0.2) is 36.5 Å². The van der Waals surface area contributed by atoms with E-state index in [0.717, 1.165) is 5.69 Å². The van der Waals surface area contributed by atoms with Gasteiger partial charge in [-0.3, -0.25) is 9.48 Å². The summed E-state index contributed by atoms with van der Waals surface area (Å²) in [5, 5.41) is 13.6. The molecule has 7 nitrogen and oxygen atoms in total. The molecule has 0 N–H and O–H groups in total. The number of esters is 1. The predicted molar refractivity (Wildman–Crippen MR) is 62.7 cm³/mol. The minimum absolute atomic E-state index is 0.249. The van der Waals surface area contributed by atoms with Crippen molar-refractivity contribution in [2.75, 3.05) is 25.7 Å². The van der Waals surface area contributed by atoms with Crippen LogP contribution in [0.15, 0.2) is 22.7 Å². The molecule has 0 amide bonds. The second kappa shape index (κ2) is 6.62. The Balaban J connectivity index is 2.53. The highest BCUT2D eigenvalue weighted by Crippen LogP contribution is 2.11. The van der Waals surface area contributed by atoms with Crippen molar-refractivity contribution in [1.82, 2.24) is 9.78 Å². The van der Waals surface area contributed by atoms with Crippen LogP contribution >= 0.6 is 0 Å². The molecule has 0 saturated heterocycles. The summed E-state index contributed by atoms with van der Waals surface area (Å²) in [5.74, 6) is -0.249. The van der Waals surface area contributed by atoms with Gasteiger partial charge >= 0.3 is 5.97 Å². The second-order valence-electron chi connectivity index (χ2n) is 3.36. The maximum absolute atomic E-state index is 11.0. The van der Waals surface area contributed by atoms with E-state index >= 15 is 0 Å². The average molecular weight is 239 g/mol. The van der Waals surface area contributed by atoms with E-state index in [-0.39, 0.29) is 5.97 Å². The van der Waals surface area contributed by atoms with Crippen LogP contribution in [0.4, 0.5) is 5.69 Å². The van der Waals surface area contributed by atoms with Crippen molar-refractivity contribution in [3.63, 3.8) is 0 Å². The van der Waals surface area contributed by atoms with Crippen LogP contribution in [0.2, 0.25) is 0 Å². The monoisotopic (exact) mass is 239 g/mol. The zero-order valence-corrected chi connectivity index (χ0v) is 10.3. The Kier molecular flexibility index (Phi) is 5.12. The van der Waals surface area contributed by atoms with Gasteiger partial charge in [-0.05, 0) is 6.92 Å². The third-order valence-electron chi connectivity index (χ3n) is 2.10. The lowest BCUT2D eigenvalue weighted by Crippen LogP contribution is -2.08. The van der Waals surface area contributed by atoms with E-state index in [0.29, 0.717) is 19.5 Å². The van der Waals surface area contributed by atoms with E-state index in [1.807, 2.05) is 6.92 Å². The van der Waals surface area contributed by atoms with E-state index in [4.69, 9.17) is 0 Å². The molecule has 1 rings (SSSR count). The van der Waals surface area contributed by atoms with Gasteiger partial charge in [-0.1, -0.05) is 5.22 Å². The van der Waals surface area contributed by atoms with E-state index in [1.54, 1.807) is 29.1 Å². The molecule has 17 heavy (non-hydrogen) atoms. The fourth-order valence-corrected chi connectivity index (χ4v) is 1.16. The number of nitrogens with zero attached hydrogens (tertiary/aromatic N) is 5. The Bertz CT molecular complexity index is 388. The lowest BCUT2D eigenvalue weighted by molar-refractivity contribution is -0.140. The minimum Gasteiger partial charge on any atom is -0.469 e. The lowest BCUT2D eigenvalue weighted by atomic mass is 10.4. The zero-order chi connectivity index (χ0) is 12.7. The van der Waals surface area contributed by atoms with Crippen LogP contribution < -0.4 is 5.01 Å². The summed E-state index contributed by atoms with van der Waals surface area (Å²) in [5.41, 5.74) is 0.826. The van der Waals surface area contributed by atoms with Gasteiger partial charge in [-0.2, -0.15) is 10.2 Å². The number of hydrogen-bond donors (Lipinski definition) is 0. The number of carbonyl (C=O) groups excluding carboxylic acids is 1. The van der Waals surface area contributed by atoms with Gasteiger partial charge in [0.1, 0.15) is 0 Å². The molecule has 0 atom stereocenters. The number of rotatable bonds is 6. The first-order valence-corrected chi connectivity index (χ1v) is 5.37. The fourth-order valence-electron chi connectivity index (χ4n) is 1.16. The number of ether oxygens (including phenoxy) is 1. The molecule has 94 valence electrons. The van der Waals surface area contributed by atoms with Gasteiger partial charge in [0, 0.05) is 7.05 Å². The van der Waals surface area contributed by atoms with E-state index in [9.17, 15) is 4.79 Å². The van der Waals surface area contributed by atoms with Gasteiger partial charge in [0.2, 0.25) is 0 Å². The van der Waals surface area contributed by atoms with Gasteiger partial charge in [0.05, 0.1) is 44.7 Å².